The van der Waals surface area contributed by atoms with Crippen molar-refractivity contribution in [2.24, 2.45) is 5.41 Å². The zero-order chi connectivity index (χ0) is 18.9. The molecule has 1 aromatic rings. The van der Waals surface area contributed by atoms with Crippen LogP contribution in [-0.4, -0.2) is 54.2 Å². The maximum absolute atomic E-state index is 13.0. The summed E-state index contributed by atoms with van der Waals surface area (Å²) in [5, 5.41) is 3.01. The van der Waals surface area contributed by atoms with E-state index < -0.39 is 5.41 Å². The molecule has 1 saturated carbocycles. The van der Waals surface area contributed by atoms with Crippen molar-refractivity contribution in [1.29, 1.82) is 0 Å². The minimum atomic E-state index is -0.936. The van der Waals surface area contributed by atoms with Crippen LogP contribution < -0.4 is 5.32 Å². The Hall–Kier alpha value is -2.37. The van der Waals surface area contributed by atoms with Crippen LogP contribution in [0, 0.1) is 5.41 Å². The molecule has 26 heavy (non-hydrogen) atoms. The molecule has 1 heterocycles. The Kier molecular flexibility index (Phi) is 4.78. The lowest BCUT2D eigenvalue weighted by Crippen LogP contribution is -2.52. The minimum Gasteiger partial charge on any atom is -0.342 e. The Morgan fingerprint density at radius 2 is 1.69 bits per heavy atom. The third-order valence-corrected chi connectivity index (χ3v) is 5.33. The lowest BCUT2D eigenvalue weighted by molar-refractivity contribution is -0.144. The van der Waals surface area contributed by atoms with Gasteiger partial charge in [0.15, 0.2) is 0 Å². The smallest absolute Gasteiger partial charge is 0.240 e. The van der Waals surface area contributed by atoms with Crippen molar-refractivity contribution in [1.82, 2.24) is 9.80 Å². The predicted octanol–water partition coefficient (Wildman–Crippen LogP) is 2.00. The van der Waals surface area contributed by atoms with Crippen LogP contribution in [0.5, 0.6) is 0 Å². The Bertz CT molecular complexity index is 711. The Balaban J connectivity index is 1.72. The molecule has 3 rings (SSSR count). The molecule has 1 aliphatic heterocycles. The monoisotopic (exact) mass is 357 g/mol. The van der Waals surface area contributed by atoms with Gasteiger partial charge in [0.25, 0.3) is 0 Å². The molecule has 140 valence electrons. The average Bonchev–Trinajstić information content (AvgIpc) is 3.43. The molecule has 6 heteroatoms. The molecular weight excluding hydrogens is 330 g/mol. The van der Waals surface area contributed by atoms with Crippen LogP contribution >= 0.6 is 0 Å². The van der Waals surface area contributed by atoms with Crippen LogP contribution in [0.25, 0.3) is 0 Å². The zero-order valence-corrected chi connectivity index (χ0v) is 15.7. The van der Waals surface area contributed by atoms with Gasteiger partial charge in [-0.15, -0.1) is 0 Å². The van der Waals surface area contributed by atoms with Crippen molar-refractivity contribution >= 4 is 23.9 Å². The maximum Gasteiger partial charge on any atom is 0.240 e. The number of nitrogens with zero attached hydrogens (tertiary/aromatic N) is 2. The van der Waals surface area contributed by atoms with Gasteiger partial charge in [-0.05, 0) is 29.9 Å². The molecule has 0 radical (unpaired) electrons. The molecule has 2 fully saturated rings. The standard InChI is InChI=1S/C20H27N3O3/c1-19(2,3)15-6-4-5-7-16(15)21-17(25)20(8-9-20)18(26)23-12-10-22(14-24)11-13-23/h4-7,14H,8-13H2,1-3H3,(H,21,25). The topological polar surface area (TPSA) is 69.7 Å². The van der Waals surface area contributed by atoms with Crippen LogP contribution in [0.15, 0.2) is 24.3 Å². The summed E-state index contributed by atoms with van der Waals surface area (Å²) in [6, 6.07) is 7.75. The van der Waals surface area contributed by atoms with E-state index in [1.807, 2.05) is 24.3 Å². The molecule has 1 N–H and O–H groups in total. The lowest BCUT2D eigenvalue weighted by atomic mass is 9.85. The summed E-state index contributed by atoms with van der Waals surface area (Å²) in [5.74, 6) is -0.314. The molecule has 1 aromatic carbocycles. The second-order valence-corrected chi connectivity index (χ2v) is 8.27. The third-order valence-electron chi connectivity index (χ3n) is 5.33. The second kappa shape index (κ2) is 6.74. The van der Waals surface area contributed by atoms with Gasteiger partial charge < -0.3 is 15.1 Å². The van der Waals surface area contributed by atoms with Gasteiger partial charge in [0, 0.05) is 31.9 Å². The molecule has 1 saturated heterocycles. The SMILES string of the molecule is CC(C)(C)c1ccccc1NC(=O)C1(C(=O)N2CCN(C=O)CC2)CC1. The number of benzene rings is 1. The van der Waals surface area contributed by atoms with Gasteiger partial charge in [0.2, 0.25) is 18.2 Å². The summed E-state index contributed by atoms with van der Waals surface area (Å²) in [6.45, 7) is 8.34. The number of amides is 3. The van der Waals surface area contributed by atoms with Crippen molar-refractivity contribution in [3.8, 4) is 0 Å². The summed E-state index contributed by atoms with van der Waals surface area (Å²) in [6.07, 6.45) is 1.98. The van der Waals surface area contributed by atoms with Crippen molar-refractivity contribution in [3.05, 3.63) is 29.8 Å². The molecule has 0 atom stereocenters. The van der Waals surface area contributed by atoms with Gasteiger partial charge >= 0.3 is 0 Å². The summed E-state index contributed by atoms with van der Waals surface area (Å²) in [5.41, 5.74) is 0.787. The molecule has 3 amide bonds. The number of carbonyl (C=O) groups is 3. The summed E-state index contributed by atoms with van der Waals surface area (Å²) >= 11 is 0. The van der Waals surface area contributed by atoms with Crippen LogP contribution in [0.1, 0.15) is 39.2 Å². The molecule has 0 aromatic heterocycles. The summed E-state index contributed by atoms with van der Waals surface area (Å²) < 4.78 is 0. The largest absolute Gasteiger partial charge is 0.342 e. The maximum atomic E-state index is 13.0. The molecule has 0 bridgehead atoms. The van der Waals surface area contributed by atoms with E-state index in [0.717, 1.165) is 17.7 Å². The van der Waals surface area contributed by atoms with Crippen LogP contribution in [0.2, 0.25) is 0 Å². The Morgan fingerprint density at radius 1 is 1.08 bits per heavy atom. The van der Waals surface area contributed by atoms with Crippen molar-refractivity contribution in [3.63, 3.8) is 0 Å². The number of para-hydroxylation sites is 1. The van der Waals surface area contributed by atoms with Gasteiger partial charge in [-0.1, -0.05) is 39.0 Å². The van der Waals surface area contributed by atoms with Gasteiger partial charge in [0.1, 0.15) is 5.41 Å². The predicted molar refractivity (Wildman–Crippen MR) is 99.7 cm³/mol. The highest BCUT2D eigenvalue weighted by molar-refractivity contribution is 6.13. The molecule has 6 nitrogen and oxygen atoms in total. The fourth-order valence-electron chi connectivity index (χ4n) is 3.48. The highest BCUT2D eigenvalue weighted by Gasteiger charge is 2.58. The van der Waals surface area contributed by atoms with Gasteiger partial charge in [0.05, 0.1) is 0 Å². The fourth-order valence-corrected chi connectivity index (χ4v) is 3.48. The van der Waals surface area contributed by atoms with E-state index in [1.165, 1.54) is 0 Å². The quantitative estimate of drug-likeness (QED) is 0.662. The fraction of sp³-hybridized carbons (Fsp3) is 0.550. The second-order valence-electron chi connectivity index (χ2n) is 8.27. The first-order valence-electron chi connectivity index (χ1n) is 9.18. The van der Waals surface area contributed by atoms with E-state index in [9.17, 15) is 14.4 Å². The number of hydrogen-bond donors (Lipinski definition) is 1. The van der Waals surface area contributed by atoms with Crippen LogP contribution in [-0.2, 0) is 19.8 Å². The number of carbonyl (C=O) groups excluding carboxylic acids is 3. The normalized spacial score (nSPS) is 19.0. The van der Waals surface area contributed by atoms with Crippen molar-refractivity contribution < 1.29 is 14.4 Å². The first-order chi connectivity index (χ1) is 12.3. The molecule has 0 spiro atoms. The van der Waals surface area contributed by atoms with Gasteiger partial charge in [-0.3, -0.25) is 14.4 Å². The van der Waals surface area contributed by atoms with Gasteiger partial charge in [-0.2, -0.15) is 0 Å². The molecule has 0 unspecified atom stereocenters. The number of anilines is 1. The first kappa shape index (κ1) is 18.4. The number of nitrogens with one attached hydrogen (secondary N) is 1. The van der Waals surface area contributed by atoms with Crippen LogP contribution in [0.4, 0.5) is 5.69 Å². The average molecular weight is 357 g/mol. The number of piperazine rings is 1. The Labute approximate surface area is 154 Å². The highest BCUT2D eigenvalue weighted by atomic mass is 16.2. The van der Waals surface area contributed by atoms with E-state index >= 15 is 0 Å². The highest BCUT2D eigenvalue weighted by Crippen LogP contribution is 2.48. The lowest BCUT2D eigenvalue weighted by Gasteiger charge is -2.34. The van der Waals surface area contributed by atoms with Gasteiger partial charge in [-0.25, -0.2) is 0 Å². The van der Waals surface area contributed by atoms with E-state index in [0.29, 0.717) is 39.0 Å². The summed E-state index contributed by atoms with van der Waals surface area (Å²) in [4.78, 5) is 40.1. The zero-order valence-electron chi connectivity index (χ0n) is 15.7. The van der Waals surface area contributed by atoms with Crippen LogP contribution in [0.3, 0.4) is 0 Å². The van der Waals surface area contributed by atoms with Crippen molar-refractivity contribution in [2.75, 3.05) is 31.5 Å². The van der Waals surface area contributed by atoms with E-state index in [4.69, 9.17) is 0 Å². The molecule has 2 aliphatic rings. The number of hydrogen-bond acceptors (Lipinski definition) is 3. The molecule has 1 aliphatic carbocycles. The minimum absolute atomic E-state index is 0.101. The molecular formula is C20H27N3O3. The van der Waals surface area contributed by atoms with E-state index in [2.05, 4.69) is 26.1 Å². The van der Waals surface area contributed by atoms with E-state index in [-0.39, 0.29) is 17.2 Å². The summed E-state index contributed by atoms with van der Waals surface area (Å²) in [7, 11) is 0. The van der Waals surface area contributed by atoms with E-state index in [1.54, 1.807) is 9.80 Å². The number of rotatable bonds is 4. The Morgan fingerprint density at radius 3 is 2.23 bits per heavy atom. The third kappa shape index (κ3) is 3.45. The van der Waals surface area contributed by atoms with Crippen molar-refractivity contribution in [2.45, 2.75) is 39.0 Å². The first-order valence-corrected chi connectivity index (χ1v) is 9.18.